The smallest absolute Gasteiger partial charge is 0.0705 e. The van der Waals surface area contributed by atoms with Crippen molar-refractivity contribution in [3.05, 3.63) is 138 Å². The van der Waals surface area contributed by atoms with Crippen LogP contribution in [0.5, 0.6) is 0 Å². The minimum absolute atomic E-state index is 0. The van der Waals surface area contributed by atoms with Gasteiger partial charge in [0.15, 0.2) is 0 Å². The number of para-hydroxylation sites is 1. The molecule has 1 aliphatic rings. The molecule has 1 heterocycles. The van der Waals surface area contributed by atoms with Gasteiger partial charge in [-0.25, -0.2) is 0 Å². The molecule has 1 radical (unpaired) electrons. The molecule has 0 bridgehead atoms. The Morgan fingerprint density at radius 3 is 1.97 bits per heavy atom. The molecule has 0 N–H and O–H groups in total. The van der Waals surface area contributed by atoms with Crippen molar-refractivity contribution in [2.75, 3.05) is 0 Å². The van der Waals surface area contributed by atoms with Gasteiger partial charge in [0.2, 0.25) is 0 Å². The molecule has 0 saturated carbocycles. The first kappa shape index (κ1) is 19.4. The van der Waals surface area contributed by atoms with Gasteiger partial charge in [-0.3, -0.25) is 4.98 Å². The van der Waals surface area contributed by atoms with E-state index in [1.807, 2.05) is 30.5 Å². The average molecular weight is 456 g/mol. The fourth-order valence-corrected chi connectivity index (χ4v) is 4.89. The predicted octanol–water partition coefficient (Wildman–Crippen LogP) is 6.20. The zero-order chi connectivity index (χ0) is 19.3. The van der Waals surface area contributed by atoms with Crippen LogP contribution in [0.1, 0.15) is 22.3 Å². The van der Waals surface area contributed by atoms with Gasteiger partial charge in [0.1, 0.15) is 0 Å². The van der Waals surface area contributed by atoms with Gasteiger partial charge in [-0.1, -0.05) is 42.5 Å². The summed E-state index contributed by atoms with van der Waals surface area (Å²) < 4.78 is 0. The van der Waals surface area contributed by atoms with Crippen LogP contribution in [0, 0.1) is 12.1 Å². The van der Waals surface area contributed by atoms with Gasteiger partial charge in [0, 0.05) is 55.3 Å². The second-order valence-corrected chi connectivity index (χ2v) is 7.41. The molecule has 4 aromatic carbocycles. The number of aromatic nitrogens is 1. The molecule has 1 nitrogen and oxygen atoms in total. The Balaban J connectivity index is 0.00000193. The van der Waals surface area contributed by atoms with Crippen LogP contribution in [0.25, 0.3) is 22.0 Å². The second-order valence-electron chi connectivity index (χ2n) is 7.41. The van der Waals surface area contributed by atoms with Crippen molar-refractivity contribution in [1.29, 1.82) is 0 Å². The number of hydrogen-bond donors (Lipinski definition) is 0. The van der Waals surface area contributed by atoms with E-state index < -0.39 is 5.41 Å². The molecule has 0 spiro atoms. The maximum Gasteiger partial charge on any atom is 0.0705 e. The van der Waals surface area contributed by atoms with E-state index in [1.54, 1.807) is 0 Å². The van der Waals surface area contributed by atoms with E-state index in [1.165, 1.54) is 27.6 Å². The summed E-state index contributed by atoms with van der Waals surface area (Å²) in [5, 5.41) is 1.18. The predicted molar refractivity (Wildman–Crippen MR) is 117 cm³/mol. The summed E-state index contributed by atoms with van der Waals surface area (Å²) in [4.78, 5) is 4.78. The van der Waals surface area contributed by atoms with Gasteiger partial charge in [-0.15, -0.1) is 11.1 Å². The van der Waals surface area contributed by atoms with E-state index in [4.69, 9.17) is 4.98 Å². The van der Waals surface area contributed by atoms with Gasteiger partial charge >= 0.3 is 0 Å². The van der Waals surface area contributed by atoms with Crippen LogP contribution >= 0.6 is 0 Å². The maximum atomic E-state index is 4.78. The number of pyridine rings is 1. The van der Waals surface area contributed by atoms with E-state index in [0.29, 0.717) is 0 Å². The normalized spacial score (nSPS) is 13.3. The maximum absolute atomic E-state index is 4.78. The summed E-state index contributed by atoms with van der Waals surface area (Å²) >= 11 is 0. The van der Waals surface area contributed by atoms with Crippen molar-refractivity contribution in [2.24, 2.45) is 0 Å². The fraction of sp³-hybridized carbons (Fsp3) is 0.0357. The summed E-state index contributed by atoms with van der Waals surface area (Å²) in [6.07, 6.45) is 2.03. The van der Waals surface area contributed by atoms with Crippen LogP contribution in [-0.2, 0) is 38.1 Å². The molecule has 2 heteroatoms. The van der Waals surface area contributed by atoms with Gasteiger partial charge in [0.05, 0.1) is 5.52 Å². The molecule has 5 aromatic rings. The minimum atomic E-state index is -0.475. The zero-order valence-electron chi connectivity index (χ0n) is 16.3. The molecule has 139 valence electrons. The number of benzene rings is 4. The Hall–Kier alpha value is -2.61. The molecule has 30 heavy (non-hydrogen) atoms. The van der Waals surface area contributed by atoms with E-state index in [0.717, 1.165) is 16.6 Å². The molecule has 0 amide bonds. The minimum Gasteiger partial charge on any atom is -0.256 e. The van der Waals surface area contributed by atoms with E-state index >= 15 is 0 Å². The summed E-state index contributed by atoms with van der Waals surface area (Å²) in [5.41, 5.74) is 7.75. The summed E-state index contributed by atoms with van der Waals surface area (Å²) in [6.45, 7) is 0. The third kappa shape index (κ3) is 2.59. The third-order valence-electron chi connectivity index (χ3n) is 6.00. The molecule has 0 saturated heterocycles. The zero-order valence-corrected chi connectivity index (χ0v) is 19.2. The second kappa shape index (κ2) is 7.58. The first-order valence-electron chi connectivity index (χ1n) is 9.83. The van der Waals surface area contributed by atoms with Crippen molar-refractivity contribution in [3.8, 4) is 11.1 Å². The number of fused-ring (bicyclic) bond motifs is 5. The Morgan fingerprint density at radius 1 is 0.633 bits per heavy atom. The van der Waals surface area contributed by atoms with E-state index in [-0.39, 0.29) is 32.7 Å². The third-order valence-corrected chi connectivity index (χ3v) is 6.00. The monoisotopic (exact) mass is 456 g/mol. The SMILES string of the molecule is [Y].[c-]1ccccc1C1(c2[c-]cccc2)c2ccccc2-c2cnc3ccccc3c21. The van der Waals surface area contributed by atoms with Gasteiger partial charge in [-0.2, -0.15) is 60.7 Å². The molecule has 0 aliphatic heterocycles. The summed E-state index contributed by atoms with van der Waals surface area (Å²) in [7, 11) is 0. The Morgan fingerprint density at radius 2 is 1.27 bits per heavy atom. The average Bonchev–Trinajstić information content (AvgIpc) is 3.12. The molecule has 0 atom stereocenters. The van der Waals surface area contributed by atoms with Crippen molar-refractivity contribution in [3.63, 3.8) is 0 Å². The van der Waals surface area contributed by atoms with Crippen LogP contribution in [-0.4, -0.2) is 4.98 Å². The van der Waals surface area contributed by atoms with Crippen molar-refractivity contribution < 1.29 is 32.7 Å². The van der Waals surface area contributed by atoms with Crippen LogP contribution in [0.15, 0.2) is 103 Å². The van der Waals surface area contributed by atoms with Crippen LogP contribution in [0.4, 0.5) is 0 Å². The first-order valence-corrected chi connectivity index (χ1v) is 9.83. The Kier molecular flexibility index (Phi) is 4.89. The van der Waals surface area contributed by atoms with Crippen molar-refractivity contribution in [2.45, 2.75) is 5.41 Å². The summed E-state index contributed by atoms with van der Waals surface area (Å²) in [6, 6.07) is 40.8. The quantitative estimate of drug-likeness (QED) is 0.283. The molecular formula is C28H17NY-2. The van der Waals surface area contributed by atoms with Crippen molar-refractivity contribution in [1.82, 2.24) is 4.98 Å². The number of hydrogen-bond acceptors (Lipinski definition) is 1. The molecule has 6 rings (SSSR count). The van der Waals surface area contributed by atoms with E-state index in [2.05, 4.69) is 84.9 Å². The molecule has 1 aromatic heterocycles. The van der Waals surface area contributed by atoms with E-state index in [9.17, 15) is 0 Å². The number of rotatable bonds is 2. The van der Waals surface area contributed by atoms with Crippen LogP contribution in [0.3, 0.4) is 0 Å². The largest absolute Gasteiger partial charge is 0.256 e. The molecule has 0 fully saturated rings. The Labute approximate surface area is 201 Å². The molecular weight excluding hydrogens is 439 g/mol. The van der Waals surface area contributed by atoms with Crippen LogP contribution in [0.2, 0.25) is 0 Å². The first-order chi connectivity index (χ1) is 14.4. The standard InChI is InChI=1S/C28H17N.Y/c1-3-11-20(12-4-1)28(21-13-5-2-6-14-21)25-17-9-7-15-22(25)24-19-29-26-18-10-8-16-23(26)27(24)28;/h1-11,13,15-19H;/q-2;. The fourth-order valence-electron chi connectivity index (χ4n) is 4.89. The van der Waals surface area contributed by atoms with Crippen molar-refractivity contribution >= 4 is 10.9 Å². The van der Waals surface area contributed by atoms with Gasteiger partial charge in [0.25, 0.3) is 0 Å². The van der Waals surface area contributed by atoms with Gasteiger partial charge < -0.3 is 0 Å². The molecule has 1 aliphatic carbocycles. The molecule has 0 unspecified atom stereocenters. The van der Waals surface area contributed by atoms with Gasteiger partial charge in [-0.05, 0) is 22.8 Å². The van der Waals surface area contributed by atoms with Crippen LogP contribution < -0.4 is 0 Å². The summed E-state index contributed by atoms with van der Waals surface area (Å²) in [5.74, 6) is 0. The topological polar surface area (TPSA) is 12.9 Å². The number of nitrogens with zero attached hydrogens (tertiary/aromatic N) is 1. The Bertz CT molecular complexity index is 1300.